The van der Waals surface area contributed by atoms with E-state index in [9.17, 15) is 9.59 Å². The first-order valence-corrected chi connectivity index (χ1v) is 5.90. The van der Waals surface area contributed by atoms with Gasteiger partial charge in [0.25, 0.3) is 0 Å². The summed E-state index contributed by atoms with van der Waals surface area (Å²) in [7, 11) is 0. The zero-order chi connectivity index (χ0) is 13.1. The van der Waals surface area contributed by atoms with E-state index in [0.29, 0.717) is 25.0 Å². The first kappa shape index (κ1) is 12.4. The number of benzene rings is 1. The molecule has 2 rings (SSSR count). The summed E-state index contributed by atoms with van der Waals surface area (Å²) in [4.78, 5) is 22.0. The minimum atomic E-state index is -0.810. The van der Waals surface area contributed by atoms with Crippen molar-refractivity contribution in [3.63, 3.8) is 0 Å². The maximum Gasteiger partial charge on any atom is 0.419 e. The summed E-state index contributed by atoms with van der Waals surface area (Å²) in [5, 5.41) is 8.54. The number of hydrogen-bond donors (Lipinski definition) is 1. The maximum atomic E-state index is 11.7. The Morgan fingerprint density at radius 3 is 2.89 bits per heavy atom. The third-order valence-corrected chi connectivity index (χ3v) is 2.85. The fourth-order valence-corrected chi connectivity index (χ4v) is 1.93. The highest BCUT2D eigenvalue weighted by atomic mass is 16.4. The van der Waals surface area contributed by atoms with Gasteiger partial charge in [0, 0.05) is 13.0 Å². The molecule has 0 aliphatic heterocycles. The van der Waals surface area contributed by atoms with Crippen LogP contribution in [0, 0.1) is 6.92 Å². The van der Waals surface area contributed by atoms with Gasteiger partial charge in [-0.15, -0.1) is 0 Å². The average molecular weight is 249 g/mol. The number of aromatic nitrogens is 1. The molecule has 0 spiro atoms. The summed E-state index contributed by atoms with van der Waals surface area (Å²) in [5.41, 5.74) is 2.38. The van der Waals surface area contributed by atoms with E-state index < -0.39 is 5.97 Å². The molecule has 1 heterocycles. The molecule has 2 aromatic rings. The lowest BCUT2D eigenvalue weighted by atomic mass is 10.2. The SMILES string of the molecule is Cc1ccc2c(c1)oc(=O)n2CCCCC(=O)O. The molecule has 1 aromatic carbocycles. The van der Waals surface area contributed by atoms with Gasteiger partial charge >= 0.3 is 11.7 Å². The average Bonchev–Trinajstić information content (AvgIpc) is 2.59. The molecule has 0 saturated heterocycles. The van der Waals surface area contributed by atoms with E-state index in [1.807, 2.05) is 25.1 Å². The van der Waals surface area contributed by atoms with Crippen LogP contribution in [0.2, 0.25) is 0 Å². The Morgan fingerprint density at radius 1 is 1.39 bits per heavy atom. The standard InChI is InChI=1S/C13H15NO4/c1-9-5-6-10-11(8-9)18-13(17)14(10)7-3-2-4-12(15)16/h5-6,8H,2-4,7H2,1H3,(H,15,16). The number of aryl methyl sites for hydroxylation is 2. The van der Waals surface area contributed by atoms with Crippen molar-refractivity contribution in [3.05, 3.63) is 34.3 Å². The van der Waals surface area contributed by atoms with E-state index in [0.717, 1.165) is 11.1 Å². The number of carboxylic acid groups (broad SMARTS) is 1. The lowest BCUT2D eigenvalue weighted by Gasteiger charge is -2.01. The molecule has 1 aromatic heterocycles. The summed E-state index contributed by atoms with van der Waals surface area (Å²) in [6.07, 6.45) is 1.33. The minimum absolute atomic E-state index is 0.129. The van der Waals surface area contributed by atoms with Crippen LogP contribution in [0.1, 0.15) is 24.8 Å². The van der Waals surface area contributed by atoms with Crippen LogP contribution >= 0.6 is 0 Å². The summed E-state index contributed by atoms with van der Waals surface area (Å²) in [6, 6.07) is 5.60. The largest absolute Gasteiger partial charge is 0.481 e. The predicted molar refractivity (Wildman–Crippen MR) is 66.7 cm³/mol. The zero-order valence-corrected chi connectivity index (χ0v) is 10.2. The summed E-state index contributed by atoms with van der Waals surface area (Å²) in [6.45, 7) is 2.42. The van der Waals surface area contributed by atoms with E-state index in [2.05, 4.69) is 0 Å². The minimum Gasteiger partial charge on any atom is -0.481 e. The summed E-state index contributed by atoms with van der Waals surface area (Å²) in [5.74, 6) is -1.19. The van der Waals surface area contributed by atoms with Crippen LogP contribution in [0.15, 0.2) is 27.4 Å². The van der Waals surface area contributed by atoms with Crippen molar-refractivity contribution in [1.82, 2.24) is 4.57 Å². The zero-order valence-electron chi connectivity index (χ0n) is 10.2. The molecule has 0 atom stereocenters. The fraction of sp³-hybridized carbons (Fsp3) is 0.385. The molecule has 96 valence electrons. The molecule has 1 N–H and O–H groups in total. The van der Waals surface area contributed by atoms with Crippen LogP contribution in [-0.2, 0) is 11.3 Å². The number of carbonyl (C=O) groups is 1. The molecule has 0 unspecified atom stereocenters. The quantitative estimate of drug-likeness (QED) is 0.824. The smallest absolute Gasteiger partial charge is 0.419 e. The monoisotopic (exact) mass is 249 g/mol. The number of nitrogens with zero attached hydrogens (tertiary/aromatic N) is 1. The Kier molecular flexibility index (Phi) is 3.50. The molecule has 0 radical (unpaired) electrons. The van der Waals surface area contributed by atoms with Gasteiger partial charge in [0.15, 0.2) is 5.58 Å². The van der Waals surface area contributed by atoms with Gasteiger partial charge in [-0.1, -0.05) is 6.07 Å². The molecule has 0 fully saturated rings. The van der Waals surface area contributed by atoms with Crippen molar-refractivity contribution >= 4 is 17.1 Å². The van der Waals surface area contributed by atoms with Crippen molar-refractivity contribution in [2.75, 3.05) is 0 Å². The topological polar surface area (TPSA) is 72.4 Å². The van der Waals surface area contributed by atoms with Gasteiger partial charge in [-0.3, -0.25) is 9.36 Å². The van der Waals surface area contributed by atoms with E-state index in [4.69, 9.17) is 9.52 Å². The van der Waals surface area contributed by atoms with Gasteiger partial charge in [-0.05, 0) is 37.5 Å². The van der Waals surface area contributed by atoms with Gasteiger partial charge in [0.05, 0.1) is 5.52 Å². The van der Waals surface area contributed by atoms with Gasteiger partial charge < -0.3 is 9.52 Å². The van der Waals surface area contributed by atoms with E-state index >= 15 is 0 Å². The number of fused-ring (bicyclic) bond motifs is 1. The Bertz CT molecular complexity index is 623. The fourth-order valence-electron chi connectivity index (χ4n) is 1.93. The van der Waals surface area contributed by atoms with Crippen molar-refractivity contribution in [2.45, 2.75) is 32.7 Å². The van der Waals surface area contributed by atoms with Crippen LogP contribution in [-0.4, -0.2) is 15.6 Å². The van der Waals surface area contributed by atoms with E-state index in [1.165, 1.54) is 0 Å². The second kappa shape index (κ2) is 5.08. The summed E-state index contributed by atoms with van der Waals surface area (Å²) >= 11 is 0. The second-order valence-electron chi connectivity index (χ2n) is 4.34. The highest BCUT2D eigenvalue weighted by molar-refractivity contribution is 5.73. The highest BCUT2D eigenvalue weighted by Gasteiger charge is 2.08. The Balaban J connectivity index is 2.15. The van der Waals surface area contributed by atoms with Crippen LogP contribution in [0.4, 0.5) is 0 Å². The number of aliphatic carboxylic acids is 1. The van der Waals surface area contributed by atoms with Crippen LogP contribution in [0.5, 0.6) is 0 Å². The molecule has 5 nitrogen and oxygen atoms in total. The molecule has 0 bridgehead atoms. The Morgan fingerprint density at radius 2 is 2.17 bits per heavy atom. The number of rotatable bonds is 5. The van der Waals surface area contributed by atoms with Gasteiger partial charge in [0.1, 0.15) is 0 Å². The van der Waals surface area contributed by atoms with Gasteiger partial charge in [0.2, 0.25) is 0 Å². The number of oxazole rings is 1. The molecule has 5 heteroatoms. The van der Waals surface area contributed by atoms with Gasteiger partial charge in [-0.25, -0.2) is 4.79 Å². The van der Waals surface area contributed by atoms with Crippen LogP contribution < -0.4 is 5.76 Å². The third kappa shape index (κ3) is 2.61. The molecule has 18 heavy (non-hydrogen) atoms. The second-order valence-corrected chi connectivity index (χ2v) is 4.34. The first-order valence-electron chi connectivity index (χ1n) is 5.90. The lowest BCUT2D eigenvalue weighted by molar-refractivity contribution is -0.137. The van der Waals surface area contributed by atoms with Gasteiger partial charge in [-0.2, -0.15) is 0 Å². The van der Waals surface area contributed by atoms with Crippen LogP contribution in [0.3, 0.4) is 0 Å². The summed E-state index contributed by atoms with van der Waals surface area (Å²) < 4.78 is 6.70. The predicted octanol–water partition coefficient (Wildman–Crippen LogP) is 2.16. The normalized spacial score (nSPS) is 10.9. The third-order valence-electron chi connectivity index (χ3n) is 2.85. The number of hydrogen-bond acceptors (Lipinski definition) is 3. The Labute approximate surface area is 104 Å². The van der Waals surface area contributed by atoms with E-state index in [1.54, 1.807) is 4.57 Å². The first-order chi connectivity index (χ1) is 8.58. The molecule has 0 aliphatic rings. The molecule has 0 aliphatic carbocycles. The van der Waals surface area contributed by atoms with Crippen molar-refractivity contribution in [3.8, 4) is 0 Å². The number of unbranched alkanes of at least 4 members (excludes halogenated alkanes) is 1. The van der Waals surface area contributed by atoms with E-state index in [-0.39, 0.29) is 12.2 Å². The van der Waals surface area contributed by atoms with Crippen molar-refractivity contribution in [2.24, 2.45) is 0 Å². The molecular weight excluding hydrogens is 234 g/mol. The lowest BCUT2D eigenvalue weighted by Crippen LogP contribution is -2.14. The molecule has 0 saturated carbocycles. The highest BCUT2D eigenvalue weighted by Crippen LogP contribution is 2.15. The van der Waals surface area contributed by atoms with Crippen LogP contribution in [0.25, 0.3) is 11.1 Å². The molecule has 0 amide bonds. The molecular formula is C13H15NO4. The van der Waals surface area contributed by atoms with Crippen molar-refractivity contribution in [1.29, 1.82) is 0 Å². The Hall–Kier alpha value is -2.04. The number of carboxylic acids is 1. The van der Waals surface area contributed by atoms with Crippen molar-refractivity contribution < 1.29 is 14.3 Å². The maximum absolute atomic E-state index is 11.7.